The van der Waals surface area contributed by atoms with Crippen molar-refractivity contribution in [1.29, 1.82) is 0 Å². The highest BCUT2D eigenvalue weighted by Crippen LogP contribution is 2.30. The first-order valence-corrected chi connectivity index (χ1v) is 6.87. The zero-order valence-electron chi connectivity index (χ0n) is 11.1. The van der Waals surface area contributed by atoms with Gasteiger partial charge in [-0.3, -0.25) is 4.79 Å². The summed E-state index contributed by atoms with van der Waals surface area (Å²) in [5, 5.41) is 18.6. The molecule has 0 spiro atoms. The molecule has 0 bridgehead atoms. The van der Waals surface area contributed by atoms with Crippen LogP contribution in [0.4, 0.5) is 0 Å². The molecule has 1 aliphatic heterocycles. The van der Waals surface area contributed by atoms with Crippen LogP contribution < -0.4 is 5.73 Å². The molecule has 1 saturated heterocycles. The molecule has 5 nitrogen and oxygen atoms in total. The molecule has 0 aromatic rings. The molecule has 0 saturated carbocycles. The van der Waals surface area contributed by atoms with Crippen LogP contribution >= 0.6 is 0 Å². The molecule has 0 radical (unpaired) electrons. The van der Waals surface area contributed by atoms with E-state index in [0.717, 1.165) is 19.3 Å². The number of nitrogens with two attached hydrogens (primary N) is 1. The van der Waals surface area contributed by atoms with E-state index in [2.05, 4.69) is 0 Å². The third kappa shape index (κ3) is 4.23. The second-order valence-corrected chi connectivity index (χ2v) is 5.30. The molecule has 5 heteroatoms. The van der Waals surface area contributed by atoms with Crippen molar-refractivity contribution in [2.75, 3.05) is 32.8 Å². The van der Waals surface area contributed by atoms with Crippen molar-refractivity contribution >= 4 is 5.91 Å². The highest BCUT2D eigenvalue weighted by Gasteiger charge is 2.34. The molecule has 1 heterocycles. The molecular formula is C13H26N2O3. The summed E-state index contributed by atoms with van der Waals surface area (Å²) in [4.78, 5) is 13.8. The van der Waals surface area contributed by atoms with Crippen LogP contribution in [0, 0.1) is 5.41 Å². The fraction of sp³-hybridized carbons (Fsp3) is 0.923. The maximum Gasteiger partial charge on any atom is 0.222 e. The molecule has 1 fully saturated rings. The lowest BCUT2D eigenvalue weighted by Gasteiger charge is -2.39. The van der Waals surface area contributed by atoms with Gasteiger partial charge in [-0.25, -0.2) is 0 Å². The number of rotatable bonds is 7. The van der Waals surface area contributed by atoms with E-state index in [1.54, 1.807) is 0 Å². The van der Waals surface area contributed by atoms with Gasteiger partial charge < -0.3 is 20.8 Å². The Morgan fingerprint density at radius 3 is 2.22 bits per heavy atom. The topological polar surface area (TPSA) is 86.8 Å². The molecule has 0 aliphatic carbocycles. The number of carbonyl (C=O) groups is 1. The molecule has 1 aliphatic rings. The third-order valence-electron chi connectivity index (χ3n) is 3.94. The number of hydrogen-bond acceptors (Lipinski definition) is 4. The highest BCUT2D eigenvalue weighted by atomic mass is 16.3. The molecular weight excluding hydrogens is 232 g/mol. The Balaban J connectivity index is 2.27. The Morgan fingerprint density at radius 2 is 1.72 bits per heavy atom. The number of unbranched alkanes of at least 4 members (excludes halogenated alkanes) is 2. The van der Waals surface area contributed by atoms with Crippen LogP contribution in [0.15, 0.2) is 0 Å². The monoisotopic (exact) mass is 258 g/mol. The van der Waals surface area contributed by atoms with Gasteiger partial charge in [-0.2, -0.15) is 0 Å². The summed E-state index contributed by atoms with van der Waals surface area (Å²) in [5.41, 5.74) is 5.03. The summed E-state index contributed by atoms with van der Waals surface area (Å²) in [6.45, 7) is 1.99. The Hall–Kier alpha value is -0.650. The van der Waals surface area contributed by atoms with E-state index in [1.165, 1.54) is 0 Å². The number of aliphatic hydroxyl groups is 2. The highest BCUT2D eigenvalue weighted by molar-refractivity contribution is 5.76. The molecule has 1 amide bonds. The van der Waals surface area contributed by atoms with Crippen molar-refractivity contribution in [1.82, 2.24) is 4.90 Å². The predicted molar refractivity (Wildman–Crippen MR) is 69.9 cm³/mol. The van der Waals surface area contributed by atoms with E-state index < -0.39 is 0 Å². The molecule has 106 valence electrons. The smallest absolute Gasteiger partial charge is 0.222 e. The van der Waals surface area contributed by atoms with Gasteiger partial charge in [-0.05, 0) is 32.2 Å². The molecule has 0 aromatic carbocycles. The predicted octanol–water partition coefficient (Wildman–Crippen LogP) is 0.0989. The molecule has 18 heavy (non-hydrogen) atoms. The van der Waals surface area contributed by atoms with Crippen molar-refractivity contribution < 1.29 is 15.0 Å². The summed E-state index contributed by atoms with van der Waals surface area (Å²) in [7, 11) is 0. The minimum atomic E-state index is -0.379. The number of likely N-dealkylation sites (tertiary alicyclic amines) is 1. The lowest BCUT2D eigenvalue weighted by atomic mass is 9.80. The van der Waals surface area contributed by atoms with Gasteiger partial charge in [0.25, 0.3) is 0 Å². The first-order valence-electron chi connectivity index (χ1n) is 6.87. The van der Waals surface area contributed by atoms with Crippen LogP contribution in [0.5, 0.6) is 0 Å². The quantitative estimate of drug-likeness (QED) is 0.565. The Kier molecular flexibility index (Phi) is 6.60. The van der Waals surface area contributed by atoms with E-state index in [1.807, 2.05) is 4.90 Å². The van der Waals surface area contributed by atoms with Gasteiger partial charge in [-0.15, -0.1) is 0 Å². The SMILES string of the molecule is NCCCCCC(=O)N1CCC(CO)(CO)CC1. The van der Waals surface area contributed by atoms with E-state index in [-0.39, 0.29) is 24.5 Å². The van der Waals surface area contributed by atoms with E-state index >= 15 is 0 Å². The molecule has 0 atom stereocenters. The molecule has 0 aromatic heterocycles. The number of aliphatic hydroxyl groups excluding tert-OH is 2. The molecule has 1 rings (SSSR count). The number of piperidine rings is 1. The van der Waals surface area contributed by atoms with Gasteiger partial charge in [-0.1, -0.05) is 6.42 Å². The lowest BCUT2D eigenvalue weighted by Crippen LogP contribution is -2.46. The fourth-order valence-electron chi connectivity index (χ4n) is 2.35. The largest absolute Gasteiger partial charge is 0.396 e. The second-order valence-electron chi connectivity index (χ2n) is 5.30. The van der Waals surface area contributed by atoms with Gasteiger partial charge in [0.1, 0.15) is 0 Å². The van der Waals surface area contributed by atoms with Gasteiger partial charge in [0, 0.05) is 24.9 Å². The van der Waals surface area contributed by atoms with Crippen molar-refractivity contribution in [3.05, 3.63) is 0 Å². The van der Waals surface area contributed by atoms with Crippen LogP contribution in [-0.4, -0.2) is 53.9 Å². The van der Waals surface area contributed by atoms with Crippen LogP contribution in [0.3, 0.4) is 0 Å². The fourth-order valence-corrected chi connectivity index (χ4v) is 2.35. The summed E-state index contributed by atoms with van der Waals surface area (Å²) in [5.74, 6) is 0.191. The number of nitrogens with zero attached hydrogens (tertiary/aromatic N) is 1. The van der Waals surface area contributed by atoms with Gasteiger partial charge in [0.2, 0.25) is 5.91 Å². The first kappa shape index (κ1) is 15.4. The number of carbonyl (C=O) groups excluding carboxylic acids is 1. The number of hydrogen-bond donors (Lipinski definition) is 3. The van der Waals surface area contributed by atoms with Crippen LogP contribution in [-0.2, 0) is 4.79 Å². The summed E-state index contributed by atoms with van der Waals surface area (Å²) in [6, 6.07) is 0. The minimum absolute atomic E-state index is 0.00201. The van der Waals surface area contributed by atoms with Gasteiger partial charge in [0.05, 0.1) is 13.2 Å². The maximum absolute atomic E-state index is 11.9. The van der Waals surface area contributed by atoms with Crippen molar-refractivity contribution in [3.8, 4) is 0 Å². The number of amides is 1. The van der Waals surface area contributed by atoms with E-state index in [9.17, 15) is 15.0 Å². The van der Waals surface area contributed by atoms with Crippen LogP contribution in [0.2, 0.25) is 0 Å². The Labute approximate surface area is 109 Å². The lowest BCUT2D eigenvalue weighted by molar-refractivity contribution is -0.134. The average Bonchev–Trinajstić information content (AvgIpc) is 2.43. The average molecular weight is 258 g/mol. The van der Waals surface area contributed by atoms with Crippen molar-refractivity contribution in [3.63, 3.8) is 0 Å². The second kappa shape index (κ2) is 7.71. The van der Waals surface area contributed by atoms with Crippen LogP contribution in [0.25, 0.3) is 0 Å². The normalized spacial score (nSPS) is 18.9. The van der Waals surface area contributed by atoms with E-state index in [4.69, 9.17) is 5.73 Å². The minimum Gasteiger partial charge on any atom is -0.396 e. The molecule has 4 N–H and O–H groups in total. The van der Waals surface area contributed by atoms with Gasteiger partial charge >= 0.3 is 0 Å². The van der Waals surface area contributed by atoms with Crippen molar-refractivity contribution in [2.24, 2.45) is 11.1 Å². The van der Waals surface area contributed by atoms with Crippen LogP contribution in [0.1, 0.15) is 38.5 Å². The standard InChI is InChI=1S/C13H26N2O3/c14-7-3-1-2-4-12(18)15-8-5-13(10-16,11-17)6-9-15/h16-17H,1-11,14H2. The van der Waals surface area contributed by atoms with E-state index in [0.29, 0.717) is 38.9 Å². The maximum atomic E-state index is 11.9. The summed E-state index contributed by atoms with van der Waals surface area (Å²) < 4.78 is 0. The Bertz CT molecular complexity index is 245. The third-order valence-corrected chi connectivity index (χ3v) is 3.94. The van der Waals surface area contributed by atoms with Crippen molar-refractivity contribution in [2.45, 2.75) is 38.5 Å². The Morgan fingerprint density at radius 1 is 1.11 bits per heavy atom. The molecule has 0 unspecified atom stereocenters. The van der Waals surface area contributed by atoms with Gasteiger partial charge in [0.15, 0.2) is 0 Å². The summed E-state index contributed by atoms with van der Waals surface area (Å²) in [6.07, 6.45) is 4.85. The summed E-state index contributed by atoms with van der Waals surface area (Å²) >= 11 is 0. The first-order chi connectivity index (χ1) is 8.67. The zero-order chi connectivity index (χ0) is 13.4. The zero-order valence-corrected chi connectivity index (χ0v) is 11.1.